The molecule has 1 aromatic rings. The summed E-state index contributed by atoms with van der Waals surface area (Å²) in [5.41, 5.74) is 0.589. The Kier molecular flexibility index (Phi) is 7.10. The van der Waals surface area contributed by atoms with Crippen molar-refractivity contribution in [3.05, 3.63) is 23.8 Å². The molecule has 0 saturated carbocycles. The molecule has 0 atom stereocenters. The van der Waals surface area contributed by atoms with Gasteiger partial charge in [-0.3, -0.25) is 9.59 Å². The van der Waals surface area contributed by atoms with Gasteiger partial charge >= 0.3 is 0 Å². The van der Waals surface area contributed by atoms with Gasteiger partial charge in [-0.1, -0.05) is 13.8 Å². The fourth-order valence-corrected chi connectivity index (χ4v) is 2.70. The minimum absolute atomic E-state index is 0.0356. The second-order valence-corrected chi connectivity index (χ2v) is 6.16. The van der Waals surface area contributed by atoms with E-state index in [-0.39, 0.29) is 11.8 Å². The van der Waals surface area contributed by atoms with E-state index in [0.29, 0.717) is 56.5 Å². The number of rotatable bonds is 7. The summed E-state index contributed by atoms with van der Waals surface area (Å²) in [4.78, 5) is 27.7. The van der Waals surface area contributed by atoms with E-state index >= 15 is 0 Å². The summed E-state index contributed by atoms with van der Waals surface area (Å²) in [6, 6.07) is 5.35. The summed E-state index contributed by atoms with van der Waals surface area (Å²) in [5.74, 6) is 1.31. The molecule has 0 radical (unpaired) electrons. The first-order chi connectivity index (χ1) is 12.1. The van der Waals surface area contributed by atoms with Crippen LogP contribution in [0.15, 0.2) is 18.2 Å². The first kappa shape index (κ1) is 19.1. The maximum atomic E-state index is 12.8. The lowest BCUT2D eigenvalue weighted by Crippen LogP contribution is -2.50. The van der Waals surface area contributed by atoms with Crippen LogP contribution in [0.1, 0.15) is 44.0 Å². The molecule has 0 spiro atoms. The van der Waals surface area contributed by atoms with Gasteiger partial charge in [-0.25, -0.2) is 0 Å². The van der Waals surface area contributed by atoms with E-state index in [9.17, 15) is 9.59 Å². The van der Waals surface area contributed by atoms with Crippen molar-refractivity contribution in [3.8, 4) is 11.5 Å². The van der Waals surface area contributed by atoms with Crippen molar-refractivity contribution in [1.82, 2.24) is 9.80 Å². The molecule has 6 nitrogen and oxygen atoms in total. The Morgan fingerprint density at radius 3 is 2.04 bits per heavy atom. The maximum absolute atomic E-state index is 12.8. The van der Waals surface area contributed by atoms with Crippen LogP contribution in [0, 0.1) is 0 Å². The number of hydrogen-bond acceptors (Lipinski definition) is 4. The molecule has 25 heavy (non-hydrogen) atoms. The van der Waals surface area contributed by atoms with Crippen LogP contribution in [0.25, 0.3) is 0 Å². The Labute approximate surface area is 149 Å². The van der Waals surface area contributed by atoms with E-state index in [2.05, 4.69) is 0 Å². The number of piperazine rings is 1. The van der Waals surface area contributed by atoms with E-state index < -0.39 is 0 Å². The first-order valence-electron chi connectivity index (χ1n) is 9.01. The van der Waals surface area contributed by atoms with Gasteiger partial charge in [0.25, 0.3) is 5.91 Å². The fraction of sp³-hybridized carbons (Fsp3) is 0.579. The smallest absolute Gasteiger partial charge is 0.254 e. The summed E-state index contributed by atoms with van der Waals surface area (Å²) in [5, 5.41) is 0. The van der Waals surface area contributed by atoms with Crippen molar-refractivity contribution in [2.24, 2.45) is 0 Å². The molecule has 6 heteroatoms. The van der Waals surface area contributed by atoms with Crippen LogP contribution in [-0.2, 0) is 4.79 Å². The molecule has 138 valence electrons. The summed E-state index contributed by atoms with van der Waals surface area (Å²) >= 11 is 0. The van der Waals surface area contributed by atoms with Crippen molar-refractivity contribution >= 4 is 11.8 Å². The second-order valence-electron chi connectivity index (χ2n) is 6.16. The monoisotopic (exact) mass is 348 g/mol. The lowest BCUT2D eigenvalue weighted by Gasteiger charge is -2.34. The Hall–Kier alpha value is -2.24. The van der Waals surface area contributed by atoms with Crippen LogP contribution in [0.5, 0.6) is 11.5 Å². The van der Waals surface area contributed by atoms with Gasteiger partial charge in [-0.2, -0.15) is 0 Å². The third kappa shape index (κ3) is 5.11. The van der Waals surface area contributed by atoms with E-state index in [0.717, 1.165) is 12.8 Å². The molecule has 0 unspecified atom stereocenters. The predicted molar refractivity (Wildman–Crippen MR) is 96.2 cm³/mol. The highest BCUT2D eigenvalue weighted by molar-refractivity contribution is 5.95. The number of hydrogen-bond donors (Lipinski definition) is 0. The third-order valence-electron chi connectivity index (χ3n) is 4.13. The van der Waals surface area contributed by atoms with Gasteiger partial charge < -0.3 is 19.3 Å². The Bertz CT molecular complexity index is 595. The Morgan fingerprint density at radius 1 is 0.920 bits per heavy atom. The molecule has 1 aromatic carbocycles. The van der Waals surface area contributed by atoms with Gasteiger partial charge in [0.05, 0.1) is 13.2 Å². The fourth-order valence-electron chi connectivity index (χ4n) is 2.70. The SMILES string of the molecule is CCCOc1ccc(C(=O)N2CCN(C(C)=O)CC2)cc1OCCC. The number of carbonyl (C=O) groups excluding carboxylic acids is 2. The molecule has 0 aromatic heterocycles. The molecule has 1 heterocycles. The summed E-state index contributed by atoms with van der Waals surface area (Å²) in [6.45, 7) is 9.11. The number of ether oxygens (including phenoxy) is 2. The van der Waals surface area contributed by atoms with E-state index in [1.165, 1.54) is 0 Å². The van der Waals surface area contributed by atoms with E-state index in [1.807, 2.05) is 13.8 Å². The third-order valence-corrected chi connectivity index (χ3v) is 4.13. The number of nitrogens with zero attached hydrogens (tertiary/aromatic N) is 2. The summed E-state index contributed by atoms with van der Waals surface area (Å²) < 4.78 is 11.5. The van der Waals surface area contributed by atoms with Gasteiger partial charge in [-0.05, 0) is 31.0 Å². The minimum Gasteiger partial charge on any atom is -0.490 e. The molecule has 2 amide bonds. The molecule has 0 aliphatic carbocycles. The van der Waals surface area contributed by atoms with Crippen molar-refractivity contribution in [2.75, 3.05) is 39.4 Å². The van der Waals surface area contributed by atoms with Crippen molar-refractivity contribution in [1.29, 1.82) is 0 Å². The summed E-state index contributed by atoms with van der Waals surface area (Å²) in [6.07, 6.45) is 1.80. The van der Waals surface area contributed by atoms with E-state index in [1.54, 1.807) is 34.9 Å². The van der Waals surface area contributed by atoms with Gasteiger partial charge in [0.2, 0.25) is 5.91 Å². The average molecular weight is 348 g/mol. The zero-order valence-electron chi connectivity index (χ0n) is 15.4. The standard InChI is InChI=1S/C19H28N2O4/c1-4-12-24-17-7-6-16(14-18(17)25-13-5-2)19(23)21-10-8-20(9-11-21)15(3)22/h6-7,14H,4-5,8-13H2,1-3H3. The molecule has 2 rings (SSSR count). The number of carbonyl (C=O) groups is 2. The molecule has 1 aliphatic rings. The Morgan fingerprint density at radius 2 is 1.48 bits per heavy atom. The minimum atomic E-state index is -0.0356. The van der Waals surface area contributed by atoms with Gasteiger partial charge in [0.15, 0.2) is 11.5 Å². The lowest BCUT2D eigenvalue weighted by atomic mass is 10.1. The van der Waals surface area contributed by atoms with Crippen molar-refractivity contribution in [2.45, 2.75) is 33.6 Å². The normalized spacial score (nSPS) is 14.4. The highest BCUT2D eigenvalue weighted by Gasteiger charge is 2.24. The van der Waals surface area contributed by atoms with Crippen LogP contribution >= 0.6 is 0 Å². The van der Waals surface area contributed by atoms with Crippen LogP contribution in [0.3, 0.4) is 0 Å². The van der Waals surface area contributed by atoms with Gasteiger partial charge in [-0.15, -0.1) is 0 Å². The zero-order chi connectivity index (χ0) is 18.2. The quantitative estimate of drug-likeness (QED) is 0.760. The highest BCUT2D eigenvalue weighted by atomic mass is 16.5. The highest BCUT2D eigenvalue weighted by Crippen LogP contribution is 2.29. The number of benzene rings is 1. The molecule has 1 saturated heterocycles. The average Bonchev–Trinajstić information content (AvgIpc) is 2.64. The maximum Gasteiger partial charge on any atom is 0.254 e. The van der Waals surface area contributed by atoms with Crippen LogP contribution in [-0.4, -0.2) is 61.0 Å². The first-order valence-corrected chi connectivity index (χ1v) is 9.01. The Balaban J connectivity index is 2.09. The van der Waals surface area contributed by atoms with Crippen LogP contribution in [0.2, 0.25) is 0 Å². The predicted octanol–water partition coefficient (Wildman–Crippen LogP) is 2.57. The summed E-state index contributed by atoms with van der Waals surface area (Å²) in [7, 11) is 0. The van der Waals surface area contributed by atoms with Crippen LogP contribution in [0.4, 0.5) is 0 Å². The lowest BCUT2D eigenvalue weighted by molar-refractivity contribution is -0.130. The van der Waals surface area contributed by atoms with E-state index in [4.69, 9.17) is 9.47 Å². The molecular weight excluding hydrogens is 320 g/mol. The van der Waals surface area contributed by atoms with Gasteiger partial charge in [0, 0.05) is 38.7 Å². The van der Waals surface area contributed by atoms with Crippen molar-refractivity contribution in [3.63, 3.8) is 0 Å². The molecule has 1 aliphatic heterocycles. The van der Waals surface area contributed by atoms with Crippen LogP contribution < -0.4 is 9.47 Å². The topological polar surface area (TPSA) is 59.1 Å². The van der Waals surface area contributed by atoms with Crippen molar-refractivity contribution < 1.29 is 19.1 Å². The molecule has 1 fully saturated rings. The largest absolute Gasteiger partial charge is 0.490 e. The molecule has 0 N–H and O–H groups in total. The number of amides is 2. The molecular formula is C19H28N2O4. The van der Waals surface area contributed by atoms with Gasteiger partial charge in [0.1, 0.15) is 0 Å². The molecule has 0 bridgehead atoms. The second kappa shape index (κ2) is 9.30. The zero-order valence-corrected chi connectivity index (χ0v) is 15.4.